The van der Waals surface area contributed by atoms with Crippen LogP contribution >= 0.6 is 0 Å². The number of carbonyl (C=O) groups excluding carboxylic acids is 1. The number of rotatable bonds is 10. The second kappa shape index (κ2) is 11.7. The Balaban J connectivity index is 2.17. The smallest absolute Gasteiger partial charge is 0.209 e. The summed E-state index contributed by atoms with van der Waals surface area (Å²) in [7, 11) is 1.92. The first-order chi connectivity index (χ1) is 14.8. The molecule has 0 aromatic carbocycles. The van der Waals surface area contributed by atoms with Gasteiger partial charge in [-0.1, -0.05) is 6.92 Å². The molecule has 1 unspecified atom stereocenters. The Kier molecular flexibility index (Phi) is 9.06. The summed E-state index contributed by atoms with van der Waals surface area (Å²) < 4.78 is 0. The maximum absolute atomic E-state index is 11.1. The molecule has 0 saturated carbocycles. The normalized spacial score (nSPS) is 15.7. The molecular weight excluding hydrogens is 392 g/mol. The Morgan fingerprint density at radius 2 is 2.10 bits per heavy atom. The predicted molar refractivity (Wildman–Crippen MR) is 125 cm³/mol. The number of hydrogen-bond acceptors (Lipinski definition) is 7. The second-order valence-corrected chi connectivity index (χ2v) is 7.51. The van der Waals surface area contributed by atoms with Crippen molar-refractivity contribution in [2.75, 3.05) is 18.6 Å². The van der Waals surface area contributed by atoms with Gasteiger partial charge < -0.3 is 20.6 Å². The van der Waals surface area contributed by atoms with Crippen molar-refractivity contribution < 1.29 is 9.90 Å². The molecule has 1 aromatic heterocycles. The van der Waals surface area contributed by atoms with Crippen LogP contribution in [-0.2, 0) is 4.79 Å². The Morgan fingerprint density at radius 3 is 2.74 bits per heavy atom. The lowest BCUT2D eigenvalue weighted by Gasteiger charge is -2.27. The van der Waals surface area contributed by atoms with E-state index >= 15 is 0 Å². The van der Waals surface area contributed by atoms with Crippen molar-refractivity contribution in [2.24, 2.45) is 4.99 Å². The highest BCUT2D eigenvalue weighted by molar-refractivity contribution is 6.12. The fourth-order valence-electron chi connectivity index (χ4n) is 2.85. The third kappa shape index (κ3) is 7.44. The number of hydrogen-bond donors (Lipinski definition) is 4. The summed E-state index contributed by atoms with van der Waals surface area (Å²) in [5.41, 5.74) is 7.13. The molecule has 1 aromatic rings. The van der Waals surface area contributed by atoms with Crippen LogP contribution in [0.4, 0.5) is 5.69 Å². The number of nitrogens with zero attached hydrogens (tertiary/aromatic N) is 3. The van der Waals surface area contributed by atoms with Gasteiger partial charge in [-0.15, -0.1) is 5.73 Å². The molecule has 8 nitrogen and oxygen atoms in total. The maximum Gasteiger partial charge on any atom is 0.209 e. The van der Waals surface area contributed by atoms with E-state index in [1.54, 1.807) is 24.5 Å². The van der Waals surface area contributed by atoms with Gasteiger partial charge in [-0.3, -0.25) is 20.1 Å². The van der Waals surface area contributed by atoms with Crippen molar-refractivity contribution >= 4 is 17.8 Å². The molecule has 0 spiro atoms. The first-order valence-electron chi connectivity index (χ1n) is 10.3. The topological polar surface area (TPSA) is 102 Å². The minimum absolute atomic E-state index is 0.0391. The van der Waals surface area contributed by atoms with Gasteiger partial charge in [0.15, 0.2) is 6.29 Å². The average molecular weight is 425 g/mol. The summed E-state index contributed by atoms with van der Waals surface area (Å²) in [5.74, 6) is 0.0391. The molecule has 0 aliphatic heterocycles. The van der Waals surface area contributed by atoms with Gasteiger partial charge in [0.2, 0.25) is 6.41 Å². The second-order valence-electron chi connectivity index (χ2n) is 7.51. The number of aryl methyl sites for hydroxylation is 1. The monoisotopic (exact) mass is 424 g/mol. The van der Waals surface area contributed by atoms with Gasteiger partial charge in [-0.2, -0.15) is 0 Å². The van der Waals surface area contributed by atoms with Crippen molar-refractivity contribution in [2.45, 2.75) is 46.4 Å². The highest BCUT2D eigenvalue weighted by atomic mass is 16.3. The van der Waals surface area contributed by atoms with Crippen molar-refractivity contribution in [1.29, 1.82) is 0 Å². The van der Waals surface area contributed by atoms with Crippen LogP contribution in [0.5, 0.6) is 0 Å². The number of carbonyl (C=O) groups is 1. The number of pyridine rings is 1. The molecule has 1 heterocycles. The van der Waals surface area contributed by atoms with E-state index in [9.17, 15) is 9.90 Å². The summed E-state index contributed by atoms with van der Waals surface area (Å²) in [6, 6.07) is 2.10. The Labute approximate surface area is 184 Å². The quantitative estimate of drug-likeness (QED) is 0.262. The highest BCUT2D eigenvalue weighted by Gasteiger charge is 2.19. The largest absolute Gasteiger partial charge is 0.506 e. The minimum atomic E-state index is -0.612. The van der Waals surface area contributed by atoms with Crippen LogP contribution in [0.3, 0.4) is 0 Å². The van der Waals surface area contributed by atoms with Gasteiger partial charge in [0, 0.05) is 30.9 Å². The zero-order chi connectivity index (χ0) is 22.8. The molecule has 0 bridgehead atoms. The van der Waals surface area contributed by atoms with Gasteiger partial charge >= 0.3 is 0 Å². The van der Waals surface area contributed by atoms with Crippen LogP contribution in [0.1, 0.15) is 32.8 Å². The number of anilines is 1. The van der Waals surface area contributed by atoms with E-state index in [4.69, 9.17) is 0 Å². The fourth-order valence-corrected chi connectivity index (χ4v) is 2.85. The summed E-state index contributed by atoms with van der Waals surface area (Å²) in [4.78, 5) is 21.9. The molecule has 1 amide bonds. The van der Waals surface area contributed by atoms with E-state index in [-0.39, 0.29) is 11.8 Å². The molecule has 2 rings (SSSR count). The number of aliphatic hydroxyl groups is 1. The number of allylic oxidation sites excluding steroid dienone is 3. The van der Waals surface area contributed by atoms with E-state index < -0.39 is 6.29 Å². The highest BCUT2D eigenvalue weighted by Crippen LogP contribution is 2.18. The Bertz CT molecular complexity index is 926. The van der Waals surface area contributed by atoms with Crippen LogP contribution < -0.4 is 20.9 Å². The van der Waals surface area contributed by atoms with Gasteiger partial charge in [-0.25, -0.2) is 0 Å². The van der Waals surface area contributed by atoms with E-state index in [0.717, 1.165) is 23.2 Å². The van der Waals surface area contributed by atoms with Crippen molar-refractivity contribution in [1.82, 2.24) is 20.9 Å². The predicted octanol–water partition coefficient (Wildman–Crippen LogP) is 2.67. The van der Waals surface area contributed by atoms with E-state index in [1.807, 2.05) is 51.8 Å². The number of aliphatic imine (C=N–C) groups is 1. The average Bonchev–Trinajstić information content (AvgIpc) is 2.72. The zero-order valence-corrected chi connectivity index (χ0v) is 18.8. The molecular formula is C23H32N6O2. The molecule has 0 saturated heterocycles. The van der Waals surface area contributed by atoms with Gasteiger partial charge in [0.05, 0.1) is 30.0 Å². The van der Waals surface area contributed by atoms with E-state index in [1.165, 1.54) is 0 Å². The molecule has 31 heavy (non-hydrogen) atoms. The van der Waals surface area contributed by atoms with Crippen molar-refractivity contribution in [3.05, 3.63) is 65.0 Å². The van der Waals surface area contributed by atoms with Crippen molar-refractivity contribution in [3.63, 3.8) is 0 Å². The first-order valence-corrected chi connectivity index (χ1v) is 10.3. The number of aliphatic hydroxyl groups excluding tert-OH is 1. The Hall–Kier alpha value is -3.35. The number of amides is 1. The van der Waals surface area contributed by atoms with Crippen LogP contribution in [0.15, 0.2) is 64.4 Å². The standard InChI is InChI=1S/C23H32N6O2/c1-6-7-8-18-10-21(22(31)11-20(18)27-16(2)3)28-23(26-15-30)25-14-29(5)19-9-17(4)12-24-13-19/h7,9-13,15-16,23,25,28,31H,6,14H2,1-5H3,(H,26,30)/b27-20-. The minimum Gasteiger partial charge on any atom is -0.506 e. The lowest BCUT2D eigenvalue weighted by atomic mass is 10.0. The lowest BCUT2D eigenvalue weighted by Crippen LogP contribution is -2.54. The van der Waals surface area contributed by atoms with Gasteiger partial charge in [0.1, 0.15) is 5.76 Å². The molecule has 0 radical (unpaired) electrons. The fraction of sp³-hybridized carbons (Fsp3) is 0.391. The summed E-state index contributed by atoms with van der Waals surface area (Å²) in [6.07, 6.45) is 9.69. The molecule has 8 heteroatoms. The zero-order valence-electron chi connectivity index (χ0n) is 18.8. The molecule has 1 atom stereocenters. The summed E-state index contributed by atoms with van der Waals surface area (Å²) in [6.45, 7) is 8.39. The summed E-state index contributed by atoms with van der Waals surface area (Å²) >= 11 is 0. The molecule has 1 aliphatic carbocycles. The number of nitrogens with one attached hydrogen (secondary N) is 3. The van der Waals surface area contributed by atoms with Gasteiger partial charge in [0.25, 0.3) is 0 Å². The maximum atomic E-state index is 11.1. The Morgan fingerprint density at radius 1 is 1.32 bits per heavy atom. The first kappa shape index (κ1) is 23.9. The van der Waals surface area contributed by atoms with E-state index in [0.29, 0.717) is 24.5 Å². The van der Waals surface area contributed by atoms with E-state index in [2.05, 4.69) is 31.7 Å². The van der Waals surface area contributed by atoms with Gasteiger partial charge in [-0.05, 0) is 51.0 Å². The van der Waals surface area contributed by atoms with Crippen LogP contribution in [-0.4, -0.2) is 48.3 Å². The molecule has 1 aliphatic rings. The summed E-state index contributed by atoms with van der Waals surface area (Å²) in [5, 5.41) is 19.5. The molecule has 0 fully saturated rings. The number of aromatic nitrogens is 1. The SMILES string of the molecule is CCC=C=C1C=C(NC(NC=O)NCN(C)c2cncc(C)c2)C(O)=C/C1=N/C(C)C. The third-order valence-corrected chi connectivity index (χ3v) is 4.34. The van der Waals surface area contributed by atoms with Crippen LogP contribution in [0.25, 0.3) is 0 Å². The van der Waals surface area contributed by atoms with Crippen LogP contribution in [0.2, 0.25) is 0 Å². The van der Waals surface area contributed by atoms with Crippen molar-refractivity contribution in [3.8, 4) is 0 Å². The van der Waals surface area contributed by atoms with Crippen LogP contribution in [0, 0.1) is 6.92 Å². The molecule has 166 valence electrons. The molecule has 4 N–H and O–H groups in total. The lowest BCUT2D eigenvalue weighted by molar-refractivity contribution is -0.110. The third-order valence-electron chi connectivity index (χ3n) is 4.34.